The normalized spacial score (nSPS) is 9.93. The summed E-state index contributed by atoms with van der Waals surface area (Å²) in [6.45, 7) is 0. The fourth-order valence-corrected chi connectivity index (χ4v) is 1.41. The molecule has 1 amide bonds. The molecule has 2 N–H and O–H groups in total. The van der Waals surface area contributed by atoms with Crippen molar-refractivity contribution in [2.24, 2.45) is 0 Å². The van der Waals surface area contributed by atoms with E-state index < -0.39 is 0 Å². The maximum atomic E-state index is 11.6. The van der Waals surface area contributed by atoms with Gasteiger partial charge in [0.2, 0.25) is 0 Å². The number of amides is 1. The first kappa shape index (κ1) is 9.92. The number of pyridine rings is 1. The summed E-state index contributed by atoms with van der Waals surface area (Å²) in [5.41, 5.74) is 0.690. The fourth-order valence-electron chi connectivity index (χ4n) is 1.10. The van der Waals surface area contributed by atoms with Crippen molar-refractivity contribution in [3.63, 3.8) is 0 Å². The third-order valence-electron chi connectivity index (χ3n) is 1.76. The van der Waals surface area contributed by atoms with E-state index in [1.807, 2.05) is 0 Å². The number of nitrogens with one attached hydrogen (secondary N) is 2. The molecule has 0 saturated heterocycles. The van der Waals surface area contributed by atoms with Gasteiger partial charge in [-0.3, -0.25) is 4.79 Å². The van der Waals surface area contributed by atoms with E-state index in [-0.39, 0.29) is 11.7 Å². The Morgan fingerprint density at radius 3 is 2.87 bits per heavy atom. The van der Waals surface area contributed by atoms with Crippen molar-refractivity contribution in [3.8, 4) is 0 Å². The lowest BCUT2D eigenvalue weighted by Crippen LogP contribution is -2.12. The highest BCUT2D eigenvalue weighted by molar-refractivity contribution is 9.10. The van der Waals surface area contributed by atoms with Gasteiger partial charge >= 0.3 is 0 Å². The van der Waals surface area contributed by atoms with Gasteiger partial charge in [0.15, 0.2) is 22.8 Å². The standard InChI is InChI=1S/C10H7BrN2O2/c11-9-4-3-8(15-9)10(14)13-7-2-1-5-12-6-7/h1-6H,(H,13,14)/p+1. The van der Waals surface area contributed by atoms with Crippen LogP contribution in [0.5, 0.6) is 0 Å². The predicted molar refractivity (Wildman–Crippen MR) is 57.4 cm³/mol. The number of H-pyrrole nitrogens is 1. The summed E-state index contributed by atoms with van der Waals surface area (Å²) in [6.07, 6.45) is 3.45. The summed E-state index contributed by atoms with van der Waals surface area (Å²) in [5.74, 6) is -0.00831. The molecule has 0 aliphatic rings. The van der Waals surface area contributed by atoms with Crippen LogP contribution in [0.25, 0.3) is 0 Å². The van der Waals surface area contributed by atoms with Gasteiger partial charge in [0, 0.05) is 6.07 Å². The minimum absolute atomic E-state index is 0.269. The summed E-state index contributed by atoms with van der Waals surface area (Å²) in [6, 6.07) is 6.86. The molecule has 76 valence electrons. The Hall–Kier alpha value is -1.62. The lowest BCUT2D eigenvalue weighted by atomic mass is 10.4. The molecule has 0 atom stereocenters. The van der Waals surface area contributed by atoms with Crippen LogP contribution < -0.4 is 10.3 Å². The van der Waals surface area contributed by atoms with Gasteiger partial charge in [-0.25, -0.2) is 4.98 Å². The Labute approximate surface area is 94.4 Å². The number of aromatic nitrogens is 1. The molecule has 4 nitrogen and oxygen atoms in total. The highest BCUT2D eigenvalue weighted by Crippen LogP contribution is 2.15. The average Bonchev–Trinajstić information content (AvgIpc) is 2.66. The van der Waals surface area contributed by atoms with Crippen molar-refractivity contribution in [2.75, 3.05) is 5.32 Å². The van der Waals surface area contributed by atoms with Crippen LogP contribution >= 0.6 is 15.9 Å². The molecular formula is C10H8BrN2O2+. The van der Waals surface area contributed by atoms with Crippen molar-refractivity contribution in [1.29, 1.82) is 0 Å². The van der Waals surface area contributed by atoms with Gasteiger partial charge < -0.3 is 9.73 Å². The molecule has 2 heterocycles. The first-order valence-corrected chi connectivity index (χ1v) is 5.08. The summed E-state index contributed by atoms with van der Waals surface area (Å²) >= 11 is 3.13. The van der Waals surface area contributed by atoms with Crippen LogP contribution in [0.1, 0.15) is 10.6 Å². The Morgan fingerprint density at radius 1 is 1.40 bits per heavy atom. The molecule has 5 heteroatoms. The zero-order valence-corrected chi connectivity index (χ0v) is 9.24. The second-order valence-corrected chi connectivity index (χ2v) is 3.63. The topological polar surface area (TPSA) is 56.4 Å². The van der Waals surface area contributed by atoms with Crippen LogP contribution in [-0.4, -0.2) is 5.91 Å². The molecule has 0 aliphatic heterocycles. The van der Waals surface area contributed by atoms with Crippen LogP contribution in [0, 0.1) is 0 Å². The maximum Gasteiger partial charge on any atom is 0.291 e. The van der Waals surface area contributed by atoms with Gasteiger partial charge in [-0.1, -0.05) is 0 Å². The van der Waals surface area contributed by atoms with E-state index in [0.717, 1.165) is 0 Å². The highest BCUT2D eigenvalue weighted by atomic mass is 79.9. The zero-order chi connectivity index (χ0) is 10.7. The third-order valence-corrected chi connectivity index (χ3v) is 2.19. The van der Waals surface area contributed by atoms with E-state index in [1.54, 1.807) is 36.7 Å². The van der Waals surface area contributed by atoms with Crippen molar-refractivity contribution < 1.29 is 14.2 Å². The van der Waals surface area contributed by atoms with Crippen molar-refractivity contribution in [3.05, 3.63) is 47.1 Å². The molecule has 0 aliphatic carbocycles. The molecule has 0 radical (unpaired) electrons. The van der Waals surface area contributed by atoms with Crippen LogP contribution in [-0.2, 0) is 0 Å². The molecule has 0 bridgehead atoms. The Morgan fingerprint density at radius 2 is 2.27 bits per heavy atom. The van der Waals surface area contributed by atoms with Gasteiger partial charge in [-0.2, -0.15) is 0 Å². The fraction of sp³-hybridized carbons (Fsp3) is 0. The second kappa shape index (κ2) is 4.27. The Balaban J connectivity index is 2.11. The van der Waals surface area contributed by atoms with E-state index in [1.165, 1.54) is 0 Å². The second-order valence-electron chi connectivity index (χ2n) is 2.85. The average molecular weight is 268 g/mol. The van der Waals surface area contributed by atoms with Crippen LogP contribution in [0.4, 0.5) is 5.69 Å². The van der Waals surface area contributed by atoms with Gasteiger partial charge in [0.25, 0.3) is 5.91 Å². The van der Waals surface area contributed by atoms with Crippen LogP contribution in [0.2, 0.25) is 0 Å². The van der Waals surface area contributed by atoms with Crippen molar-refractivity contribution >= 4 is 27.5 Å². The molecule has 2 rings (SSSR count). The summed E-state index contributed by atoms with van der Waals surface area (Å²) in [7, 11) is 0. The lowest BCUT2D eigenvalue weighted by molar-refractivity contribution is -0.377. The number of carbonyl (C=O) groups is 1. The molecule has 0 unspecified atom stereocenters. The molecule has 15 heavy (non-hydrogen) atoms. The van der Waals surface area contributed by atoms with Crippen LogP contribution in [0.15, 0.2) is 45.7 Å². The van der Waals surface area contributed by atoms with E-state index in [4.69, 9.17) is 4.42 Å². The first-order valence-electron chi connectivity index (χ1n) is 4.28. The summed E-state index contributed by atoms with van der Waals surface area (Å²) in [4.78, 5) is 14.5. The number of aromatic amines is 1. The highest BCUT2D eigenvalue weighted by Gasteiger charge is 2.10. The van der Waals surface area contributed by atoms with Gasteiger partial charge in [-0.05, 0) is 34.1 Å². The third kappa shape index (κ3) is 2.44. The number of anilines is 1. The predicted octanol–water partition coefficient (Wildman–Crippen LogP) is 2.11. The number of hydrogen-bond acceptors (Lipinski definition) is 2. The minimum atomic E-state index is -0.277. The Bertz CT molecular complexity index is 467. The SMILES string of the molecule is O=C(Nc1ccc[nH+]c1)c1ccc(Br)o1. The van der Waals surface area contributed by atoms with Gasteiger partial charge in [0.05, 0.1) is 0 Å². The molecule has 0 aromatic carbocycles. The van der Waals surface area contributed by atoms with Gasteiger partial charge in [0.1, 0.15) is 5.69 Å². The maximum absolute atomic E-state index is 11.6. The largest absolute Gasteiger partial charge is 0.444 e. The van der Waals surface area contributed by atoms with E-state index in [9.17, 15) is 4.79 Å². The smallest absolute Gasteiger partial charge is 0.291 e. The summed E-state index contributed by atoms with van der Waals surface area (Å²) < 4.78 is 5.65. The molecule has 0 spiro atoms. The molecular weight excluding hydrogens is 260 g/mol. The number of carbonyl (C=O) groups excluding carboxylic acids is 1. The quantitative estimate of drug-likeness (QED) is 0.906. The lowest BCUT2D eigenvalue weighted by Gasteiger charge is -1.98. The molecule has 0 fully saturated rings. The molecule has 0 saturated carbocycles. The van der Waals surface area contributed by atoms with E-state index in [2.05, 4.69) is 26.2 Å². The van der Waals surface area contributed by atoms with Crippen LogP contribution in [0.3, 0.4) is 0 Å². The molecule has 2 aromatic heterocycles. The first-order chi connectivity index (χ1) is 7.25. The van der Waals surface area contributed by atoms with Gasteiger partial charge in [-0.15, -0.1) is 0 Å². The monoisotopic (exact) mass is 267 g/mol. The van der Waals surface area contributed by atoms with Crippen molar-refractivity contribution in [2.45, 2.75) is 0 Å². The number of rotatable bonds is 2. The summed E-state index contributed by atoms with van der Waals surface area (Å²) in [5, 5.41) is 2.69. The minimum Gasteiger partial charge on any atom is -0.444 e. The number of hydrogen-bond donors (Lipinski definition) is 1. The zero-order valence-electron chi connectivity index (χ0n) is 7.66. The van der Waals surface area contributed by atoms with E-state index in [0.29, 0.717) is 10.4 Å². The Kier molecular flexibility index (Phi) is 2.82. The van der Waals surface area contributed by atoms with Crippen molar-refractivity contribution in [1.82, 2.24) is 0 Å². The molecule has 2 aromatic rings. The number of furan rings is 1. The van der Waals surface area contributed by atoms with E-state index >= 15 is 0 Å². The number of halogens is 1.